The summed E-state index contributed by atoms with van der Waals surface area (Å²) in [6, 6.07) is 17.3. The average molecular weight is 312 g/mol. The molecule has 1 N–H and O–H groups in total. The van der Waals surface area contributed by atoms with E-state index >= 15 is 0 Å². The Balaban J connectivity index is 1.72. The largest absolute Gasteiger partial charge is 0.497 e. The molecule has 0 aromatic heterocycles. The van der Waals surface area contributed by atoms with E-state index < -0.39 is 6.10 Å². The molecule has 23 heavy (non-hydrogen) atoms. The van der Waals surface area contributed by atoms with Gasteiger partial charge in [-0.2, -0.15) is 0 Å². The first-order valence-electron chi connectivity index (χ1n) is 7.60. The Hall–Kier alpha value is -2.30. The molecule has 3 unspecified atom stereocenters. The van der Waals surface area contributed by atoms with Crippen LogP contribution in [-0.2, 0) is 4.74 Å². The number of benzene rings is 2. The number of hydrogen-bond acceptors (Lipinski definition) is 4. The summed E-state index contributed by atoms with van der Waals surface area (Å²) in [6.45, 7) is -0.103. The van der Waals surface area contributed by atoms with E-state index in [1.54, 1.807) is 7.11 Å². The lowest BCUT2D eigenvalue weighted by Crippen LogP contribution is -2.39. The highest BCUT2D eigenvalue weighted by atomic mass is 16.6. The molecule has 0 saturated heterocycles. The molecular weight excluding hydrogens is 292 g/mol. The van der Waals surface area contributed by atoms with E-state index in [9.17, 15) is 5.11 Å². The van der Waals surface area contributed by atoms with Crippen molar-refractivity contribution in [3.8, 4) is 11.5 Å². The quantitative estimate of drug-likeness (QED) is 0.862. The van der Waals surface area contributed by atoms with Gasteiger partial charge in [0.05, 0.1) is 13.7 Å². The predicted molar refractivity (Wildman–Crippen MR) is 87.7 cm³/mol. The van der Waals surface area contributed by atoms with Crippen molar-refractivity contribution in [2.45, 2.75) is 18.3 Å². The highest BCUT2D eigenvalue weighted by Crippen LogP contribution is 2.28. The van der Waals surface area contributed by atoms with E-state index in [4.69, 9.17) is 14.2 Å². The molecule has 4 heteroatoms. The molecule has 2 aromatic carbocycles. The summed E-state index contributed by atoms with van der Waals surface area (Å²) in [5.74, 6) is 1.48. The van der Waals surface area contributed by atoms with Crippen LogP contribution in [-0.4, -0.2) is 31.0 Å². The standard InChI is InChI=1S/C19H20O4/c1-21-15-7-9-16(10-8-15)22-18-12-11-17(23-19(18)13-20)14-5-3-2-4-6-14/h2-12,17-20H,13H2,1H3. The molecule has 0 aliphatic carbocycles. The monoisotopic (exact) mass is 312 g/mol. The summed E-state index contributed by atoms with van der Waals surface area (Å²) in [5.41, 5.74) is 1.06. The van der Waals surface area contributed by atoms with E-state index in [-0.39, 0.29) is 18.8 Å². The lowest BCUT2D eigenvalue weighted by atomic mass is 10.0. The van der Waals surface area contributed by atoms with Crippen molar-refractivity contribution < 1.29 is 19.3 Å². The van der Waals surface area contributed by atoms with Gasteiger partial charge in [-0.15, -0.1) is 0 Å². The zero-order chi connectivity index (χ0) is 16.1. The number of methoxy groups -OCH3 is 1. The van der Waals surface area contributed by atoms with Gasteiger partial charge in [0, 0.05) is 0 Å². The first-order valence-corrected chi connectivity index (χ1v) is 7.60. The average Bonchev–Trinajstić information content (AvgIpc) is 2.63. The van der Waals surface area contributed by atoms with Crippen LogP contribution in [0, 0.1) is 0 Å². The van der Waals surface area contributed by atoms with E-state index in [1.165, 1.54) is 0 Å². The third-order valence-electron chi connectivity index (χ3n) is 3.80. The van der Waals surface area contributed by atoms with Gasteiger partial charge in [0.1, 0.15) is 29.8 Å². The third-order valence-corrected chi connectivity index (χ3v) is 3.80. The van der Waals surface area contributed by atoms with Crippen LogP contribution in [0.15, 0.2) is 66.7 Å². The van der Waals surface area contributed by atoms with Gasteiger partial charge in [-0.05, 0) is 35.9 Å². The lowest BCUT2D eigenvalue weighted by Gasteiger charge is -2.31. The van der Waals surface area contributed by atoms with Crippen molar-refractivity contribution in [1.82, 2.24) is 0 Å². The number of aliphatic hydroxyl groups is 1. The SMILES string of the molecule is COc1ccc(OC2C=CC(c3ccccc3)OC2CO)cc1. The third kappa shape index (κ3) is 3.73. The molecule has 4 nitrogen and oxygen atoms in total. The molecular formula is C19H20O4. The van der Waals surface area contributed by atoms with Crippen molar-refractivity contribution in [3.63, 3.8) is 0 Å². The molecule has 1 heterocycles. The number of ether oxygens (including phenoxy) is 3. The summed E-state index contributed by atoms with van der Waals surface area (Å²) in [5, 5.41) is 9.63. The molecule has 0 spiro atoms. The van der Waals surface area contributed by atoms with Crippen LogP contribution in [0.25, 0.3) is 0 Å². The Bertz CT molecular complexity index is 636. The molecule has 1 aliphatic heterocycles. The van der Waals surface area contributed by atoms with Crippen molar-refractivity contribution in [3.05, 3.63) is 72.3 Å². The van der Waals surface area contributed by atoms with Gasteiger partial charge >= 0.3 is 0 Å². The fourth-order valence-electron chi connectivity index (χ4n) is 2.55. The van der Waals surface area contributed by atoms with Crippen molar-refractivity contribution in [2.75, 3.05) is 13.7 Å². The Kier molecular flexibility index (Phi) is 4.95. The van der Waals surface area contributed by atoms with Gasteiger partial charge in [-0.25, -0.2) is 0 Å². The molecule has 0 fully saturated rings. The second-order valence-electron chi connectivity index (χ2n) is 5.33. The highest BCUT2D eigenvalue weighted by Gasteiger charge is 2.29. The van der Waals surface area contributed by atoms with Gasteiger partial charge in [0.25, 0.3) is 0 Å². The molecule has 0 amide bonds. The van der Waals surface area contributed by atoms with Crippen LogP contribution in [0.4, 0.5) is 0 Å². The van der Waals surface area contributed by atoms with Crippen molar-refractivity contribution in [1.29, 1.82) is 0 Å². The van der Waals surface area contributed by atoms with Gasteiger partial charge in [0.2, 0.25) is 0 Å². The predicted octanol–water partition coefficient (Wildman–Crippen LogP) is 3.13. The van der Waals surface area contributed by atoms with Crippen molar-refractivity contribution >= 4 is 0 Å². The fraction of sp³-hybridized carbons (Fsp3) is 0.263. The first kappa shape index (κ1) is 15.6. The maximum atomic E-state index is 9.63. The van der Waals surface area contributed by atoms with E-state index in [1.807, 2.05) is 66.7 Å². The second-order valence-corrected chi connectivity index (χ2v) is 5.33. The van der Waals surface area contributed by atoms with Crippen LogP contribution in [0.1, 0.15) is 11.7 Å². The molecule has 120 valence electrons. The fourth-order valence-corrected chi connectivity index (χ4v) is 2.55. The summed E-state index contributed by atoms with van der Waals surface area (Å²) in [4.78, 5) is 0. The van der Waals surface area contributed by atoms with E-state index in [0.717, 1.165) is 11.3 Å². The van der Waals surface area contributed by atoms with Crippen LogP contribution in [0.5, 0.6) is 11.5 Å². The minimum Gasteiger partial charge on any atom is -0.497 e. The van der Waals surface area contributed by atoms with Gasteiger partial charge in [-0.1, -0.05) is 36.4 Å². The van der Waals surface area contributed by atoms with Crippen molar-refractivity contribution in [2.24, 2.45) is 0 Å². The normalized spacial score (nSPS) is 23.5. The Morgan fingerprint density at radius 2 is 1.65 bits per heavy atom. The summed E-state index contributed by atoms with van der Waals surface area (Å²) in [6.07, 6.45) is 3.02. The van der Waals surface area contributed by atoms with Crippen LogP contribution < -0.4 is 9.47 Å². The van der Waals surface area contributed by atoms with Gasteiger partial charge in [-0.3, -0.25) is 0 Å². The number of aliphatic hydroxyl groups excluding tert-OH is 1. The number of rotatable bonds is 5. The minimum absolute atomic E-state index is 0.103. The maximum absolute atomic E-state index is 9.63. The Labute approximate surface area is 135 Å². The van der Waals surface area contributed by atoms with E-state index in [2.05, 4.69) is 0 Å². The second kappa shape index (κ2) is 7.31. The molecule has 0 radical (unpaired) electrons. The Morgan fingerprint density at radius 3 is 2.30 bits per heavy atom. The van der Waals surface area contributed by atoms with Gasteiger partial charge in [0.15, 0.2) is 0 Å². The lowest BCUT2D eigenvalue weighted by molar-refractivity contribution is -0.0731. The molecule has 3 rings (SSSR count). The zero-order valence-electron chi connectivity index (χ0n) is 13.0. The molecule has 2 aromatic rings. The van der Waals surface area contributed by atoms with Crippen LogP contribution >= 0.6 is 0 Å². The van der Waals surface area contributed by atoms with Crippen LogP contribution in [0.3, 0.4) is 0 Å². The minimum atomic E-state index is -0.410. The summed E-state index contributed by atoms with van der Waals surface area (Å²) < 4.78 is 17.0. The molecule has 3 atom stereocenters. The number of hydrogen-bond donors (Lipinski definition) is 1. The Morgan fingerprint density at radius 1 is 0.957 bits per heavy atom. The first-order chi connectivity index (χ1) is 11.3. The molecule has 1 aliphatic rings. The molecule has 0 saturated carbocycles. The topological polar surface area (TPSA) is 47.9 Å². The van der Waals surface area contributed by atoms with E-state index in [0.29, 0.717) is 5.75 Å². The molecule has 0 bridgehead atoms. The maximum Gasteiger partial charge on any atom is 0.145 e. The van der Waals surface area contributed by atoms with Gasteiger partial charge < -0.3 is 19.3 Å². The smallest absolute Gasteiger partial charge is 0.145 e. The summed E-state index contributed by atoms with van der Waals surface area (Å²) >= 11 is 0. The zero-order valence-corrected chi connectivity index (χ0v) is 13.0. The van der Waals surface area contributed by atoms with Crippen LogP contribution in [0.2, 0.25) is 0 Å². The summed E-state index contributed by atoms with van der Waals surface area (Å²) in [7, 11) is 1.62. The highest BCUT2D eigenvalue weighted by molar-refractivity contribution is 5.32.